The molecule has 0 saturated heterocycles. The molecule has 0 fully saturated rings. The maximum Gasteiger partial charge on any atom is 0.230 e. The molecule has 0 atom stereocenters. The van der Waals surface area contributed by atoms with Gasteiger partial charge in [0.2, 0.25) is 5.91 Å². The highest BCUT2D eigenvalue weighted by atomic mass is 32.1. The average molecular weight is 269 g/mol. The Morgan fingerprint density at radius 3 is 2.89 bits per heavy atom. The first-order valence-corrected chi connectivity index (χ1v) is 5.87. The van der Waals surface area contributed by atoms with Crippen LogP contribution in [0.4, 0.5) is 19.6 Å². The van der Waals surface area contributed by atoms with E-state index < -0.39 is 17.5 Å². The lowest BCUT2D eigenvalue weighted by atomic mass is 10.2. The molecular formula is C11H9F2N3OS. The molecule has 3 N–H and O–H groups in total. The van der Waals surface area contributed by atoms with Crippen molar-refractivity contribution in [3.63, 3.8) is 0 Å². The number of anilines is 2. The summed E-state index contributed by atoms with van der Waals surface area (Å²) in [5.41, 5.74) is 5.72. The van der Waals surface area contributed by atoms with Crippen molar-refractivity contribution in [1.82, 2.24) is 4.98 Å². The Hall–Kier alpha value is -2.02. The van der Waals surface area contributed by atoms with Crippen LogP contribution in [0.5, 0.6) is 0 Å². The molecule has 1 heterocycles. The molecule has 1 aromatic heterocycles. The van der Waals surface area contributed by atoms with Crippen molar-refractivity contribution >= 4 is 28.1 Å². The summed E-state index contributed by atoms with van der Waals surface area (Å²) in [7, 11) is 0. The lowest BCUT2D eigenvalue weighted by molar-refractivity contribution is -0.115. The molecule has 0 unspecified atom stereocenters. The maximum absolute atomic E-state index is 13.3. The topological polar surface area (TPSA) is 68.0 Å². The van der Waals surface area contributed by atoms with Crippen LogP contribution >= 0.6 is 11.3 Å². The molecule has 0 aliphatic carbocycles. The standard InChI is InChI=1S/C11H9F2N3OS/c12-6-1-2-8(13)9(3-6)16-10(17)4-7-5-18-11(14)15-7/h1-3,5H,4H2,(H2,14,15)(H,16,17). The highest BCUT2D eigenvalue weighted by molar-refractivity contribution is 7.13. The molecule has 18 heavy (non-hydrogen) atoms. The van der Waals surface area contributed by atoms with E-state index in [9.17, 15) is 13.6 Å². The van der Waals surface area contributed by atoms with Gasteiger partial charge in [-0.3, -0.25) is 4.79 Å². The van der Waals surface area contributed by atoms with E-state index in [1.807, 2.05) is 0 Å². The van der Waals surface area contributed by atoms with Gasteiger partial charge in [-0.2, -0.15) is 0 Å². The van der Waals surface area contributed by atoms with E-state index in [4.69, 9.17) is 5.73 Å². The highest BCUT2D eigenvalue weighted by Gasteiger charge is 2.10. The van der Waals surface area contributed by atoms with Crippen molar-refractivity contribution in [2.75, 3.05) is 11.1 Å². The van der Waals surface area contributed by atoms with Gasteiger partial charge in [-0.05, 0) is 12.1 Å². The number of carbonyl (C=O) groups is 1. The van der Waals surface area contributed by atoms with Crippen LogP contribution in [0, 0.1) is 11.6 Å². The van der Waals surface area contributed by atoms with Gasteiger partial charge in [-0.1, -0.05) is 0 Å². The van der Waals surface area contributed by atoms with Crippen molar-refractivity contribution in [3.05, 3.63) is 40.9 Å². The Morgan fingerprint density at radius 1 is 1.44 bits per heavy atom. The zero-order chi connectivity index (χ0) is 13.1. The van der Waals surface area contributed by atoms with E-state index in [1.165, 1.54) is 11.3 Å². The number of nitrogens with two attached hydrogens (primary N) is 1. The Bertz CT molecular complexity index is 585. The molecule has 94 valence electrons. The lowest BCUT2D eigenvalue weighted by Crippen LogP contribution is -2.15. The SMILES string of the molecule is Nc1nc(CC(=O)Nc2cc(F)ccc2F)cs1. The fourth-order valence-electron chi connectivity index (χ4n) is 1.36. The number of rotatable bonds is 3. The Balaban J connectivity index is 2.05. The largest absolute Gasteiger partial charge is 0.375 e. The van der Waals surface area contributed by atoms with E-state index >= 15 is 0 Å². The molecule has 0 aliphatic heterocycles. The normalized spacial score (nSPS) is 10.3. The molecule has 1 amide bonds. The lowest BCUT2D eigenvalue weighted by Gasteiger charge is -2.05. The minimum Gasteiger partial charge on any atom is -0.375 e. The van der Waals surface area contributed by atoms with E-state index in [0.717, 1.165) is 18.2 Å². The molecule has 0 saturated carbocycles. The molecule has 0 aliphatic rings. The Labute approximate surface area is 105 Å². The predicted molar refractivity (Wildman–Crippen MR) is 65.2 cm³/mol. The van der Waals surface area contributed by atoms with Crippen LogP contribution in [0.2, 0.25) is 0 Å². The molecule has 2 rings (SSSR count). The fourth-order valence-corrected chi connectivity index (χ4v) is 1.92. The number of aromatic nitrogens is 1. The molecule has 1 aromatic carbocycles. The van der Waals surface area contributed by atoms with Crippen molar-refractivity contribution in [2.45, 2.75) is 6.42 Å². The molecule has 0 spiro atoms. The van der Waals surface area contributed by atoms with Crippen LogP contribution in [-0.4, -0.2) is 10.9 Å². The van der Waals surface area contributed by atoms with Gasteiger partial charge in [0.05, 0.1) is 17.8 Å². The van der Waals surface area contributed by atoms with Gasteiger partial charge in [-0.15, -0.1) is 11.3 Å². The van der Waals surface area contributed by atoms with E-state index in [1.54, 1.807) is 5.38 Å². The van der Waals surface area contributed by atoms with Crippen LogP contribution in [0.25, 0.3) is 0 Å². The maximum atomic E-state index is 13.3. The number of carbonyl (C=O) groups excluding carboxylic acids is 1. The molecule has 4 nitrogen and oxygen atoms in total. The molecular weight excluding hydrogens is 260 g/mol. The minimum atomic E-state index is -0.692. The second kappa shape index (κ2) is 5.09. The third kappa shape index (κ3) is 3.01. The monoisotopic (exact) mass is 269 g/mol. The summed E-state index contributed by atoms with van der Waals surface area (Å²) in [5, 5.41) is 4.27. The summed E-state index contributed by atoms with van der Waals surface area (Å²) in [6, 6.07) is 2.85. The fraction of sp³-hybridized carbons (Fsp3) is 0.0909. The third-order valence-electron chi connectivity index (χ3n) is 2.11. The Kier molecular flexibility index (Phi) is 3.52. The third-order valence-corrected chi connectivity index (χ3v) is 2.84. The summed E-state index contributed by atoms with van der Waals surface area (Å²) < 4.78 is 26.1. The quantitative estimate of drug-likeness (QED) is 0.897. The van der Waals surface area contributed by atoms with Gasteiger partial charge in [0, 0.05) is 11.4 Å². The first-order valence-electron chi connectivity index (χ1n) is 4.99. The van der Waals surface area contributed by atoms with Gasteiger partial charge >= 0.3 is 0 Å². The summed E-state index contributed by atoms with van der Waals surface area (Å²) >= 11 is 1.21. The number of nitrogens with zero attached hydrogens (tertiary/aromatic N) is 1. The Morgan fingerprint density at radius 2 is 2.22 bits per heavy atom. The van der Waals surface area contributed by atoms with Gasteiger partial charge in [-0.25, -0.2) is 13.8 Å². The number of amides is 1. The number of thiazole rings is 1. The zero-order valence-electron chi connectivity index (χ0n) is 9.11. The smallest absolute Gasteiger partial charge is 0.230 e. The number of halogens is 2. The van der Waals surface area contributed by atoms with E-state index in [2.05, 4.69) is 10.3 Å². The van der Waals surface area contributed by atoms with Crippen molar-refractivity contribution in [1.29, 1.82) is 0 Å². The van der Waals surface area contributed by atoms with Crippen LogP contribution in [0.1, 0.15) is 5.69 Å². The van der Waals surface area contributed by atoms with Crippen LogP contribution in [-0.2, 0) is 11.2 Å². The van der Waals surface area contributed by atoms with Crippen LogP contribution in [0.15, 0.2) is 23.6 Å². The second-order valence-corrected chi connectivity index (χ2v) is 4.42. The number of nitrogen functional groups attached to an aromatic ring is 1. The molecule has 0 bridgehead atoms. The van der Waals surface area contributed by atoms with Crippen molar-refractivity contribution < 1.29 is 13.6 Å². The minimum absolute atomic E-state index is 0.0380. The van der Waals surface area contributed by atoms with Crippen molar-refractivity contribution in [3.8, 4) is 0 Å². The second-order valence-electron chi connectivity index (χ2n) is 3.53. The summed E-state index contributed by atoms with van der Waals surface area (Å²) in [5.74, 6) is -1.79. The highest BCUT2D eigenvalue weighted by Crippen LogP contribution is 2.16. The number of hydrogen-bond donors (Lipinski definition) is 2. The molecule has 7 heteroatoms. The van der Waals surface area contributed by atoms with Gasteiger partial charge in [0.25, 0.3) is 0 Å². The number of hydrogen-bond acceptors (Lipinski definition) is 4. The van der Waals surface area contributed by atoms with Gasteiger partial charge < -0.3 is 11.1 Å². The van der Waals surface area contributed by atoms with Gasteiger partial charge in [0.15, 0.2) is 5.13 Å². The first-order chi connectivity index (χ1) is 8.54. The van der Waals surface area contributed by atoms with E-state index in [-0.39, 0.29) is 12.1 Å². The van der Waals surface area contributed by atoms with Crippen molar-refractivity contribution in [2.24, 2.45) is 0 Å². The van der Waals surface area contributed by atoms with Gasteiger partial charge in [0.1, 0.15) is 11.6 Å². The predicted octanol–water partition coefficient (Wildman–Crippen LogP) is 2.18. The van der Waals surface area contributed by atoms with Crippen LogP contribution < -0.4 is 11.1 Å². The summed E-state index contributed by atoms with van der Waals surface area (Å²) in [6.07, 6.45) is -0.0380. The number of nitrogens with one attached hydrogen (secondary N) is 1. The zero-order valence-corrected chi connectivity index (χ0v) is 9.93. The van der Waals surface area contributed by atoms with E-state index in [0.29, 0.717) is 10.8 Å². The summed E-state index contributed by atoms with van der Waals surface area (Å²) in [6.45, 7) is 0. The molecule has 2 aromatic rings. The van der Waals surface area contributed by atoms with Crippen LogP contribution in [0.3, 0.4) is 0 Å². The average Bonchev–Trinajstić information content (AvgIpc) is 2.69. The first kappa shape index (κ1) is 12.4. The number of benzene rings is 1. The molecule has 0 radical (unpaired) electrons. The summed E-state index contributed by atoms with van der Waals surface area (Å²) in [4.78, 5) is 15.5.